The zero-order chi connectivity index (χ0) is 19.0. The van der Waals surface area contributed by atoms with Crippen LogP contribution in [0.15, 0.2) is 5.10 Å². The standard InChI is InChI=1S/C17H31N3O4S/c1-12(2)25-16-19-20(6)14(24-16)9-7-8-13(10-21)18-15(22)23-11-17(3,4)5/h10,12-14H,7-9,11H2,1-6H3,(H,18,22). The molecule has 25 heavy (non-hydrogen) atoms. The highest BCUT2D eigenvalue weighted by atomic mass is 32.2. The van der Waals surface area contributed by atoms with E-state index in [0.717, 1.165) is 19.1 Å². The lowest BCUT2D eigenvalue weighted by molar-refractivity contribution is -0.109. The molecule has 1 rings (SSSR count). The second-order valence-electron chi connectivity index (χ2n) is 7.63. The second kappa shape index (κ2) is 9.89. The van der Waals surface area contributed by atoms with Gasteiger partial charge in [0.25, 0.3) is 5.23 Å². The van der Waals surface area contributed by atoms with Gasteiger partial charge in [-0.3, -0.25) is 5.01 Å². The van der Waals surface area contributed by atoms with Crippen LogP contribution < -0.4 is 5.32 Å². The SMILES string of the molecule is CC(C)SC1=NN(C)C(CCCC(C=O)NC(=O)OCC(C)(C)C)O1. The Bertz CT molecular complexity index is 477. The van der Waals surface area contributed by atoms with Crippen LogP contribution in [-0.2, 0) is 14.3 Å². The van der Waals surface area contributed by atoms with Gasteiger partial charge in [-0.1, -0.05) is 46.4 Å². The molecule has 1 amide bonds. The van der Waals surface area contributed by atoms with Crippen molar-refractivity contribution in [1.29, 1.82) is 0 Å². The zero-order valence-corrected chi connectivity index (χ0v) is 16.9. The predicted molar refractivity (Wildman–Crippen MR) is 100 cm³/mol. The molecular formula is C17H31N3O4S. The summed E-state index contributed by atoms with van der Waals surface area (Å²) in [5.41, 5.74) is -0.107. The number of hydrogen-bond acceptors (Lipinski definition) is 7. The maximum absolute atomic E-state index is 11.7. The molecule has 0 aliphatic carbocycles. The van der Waals surface area contributed by atoms with Crippen LogP contribution in [0, 0.1) is 5.41 Å². The Hall–Kier alpha value is -1.44. The van der Waals surface area contributed by atoms with Crippen molar-refractivity contribution >= 4 is 29.4 Å². The molecule has 0 bridgehead atoms. The number of hydrogen-bond donors (Lipinski definition) is 1. The van der Waals surface area contributed by atoms with Crippen LogP contribution in [0.2, 0.25) is 0 Å². The molecule has 1 aliphatic rings. The Morgan fingerprint density at radius 3 is 2.72 bits per heavy atom. The number of carbonyl (C=O) groups is 2. The minimum Gasteiger partial charge on any atom is -0.449 e. The summed E-state index contributed by atoms with van der Waals surface area (Å²) in [6.07, 6.45) is 2.06. The van der Waals surface area contributed by atoms with Gasteiger partial charge in [0.1, 0.15) is 6.29 Å². The molecule has 1 N–H and O–H groups in total. The quantitative estimate of drug-likeness (QED) is 0.658. The first-order valence-electron chi connectivity index (χ1n) is 8.64. The van der Waals surface area contributed by atoms with Crippen LogP contribution >= 0.6 is 11.8 Å². The summed E-state index contributed by atoms with van der Waals surface area (Å²) < 4.78 is 10.9. The third-order valence-electron chi connectivity index (χ3n) is 3.30. The number of amides is 1. The number of nitrogens with zero attached hydrogens (tertiary/aromatic N) is 2. The van der Waals surface area contributed by atoms with E-state index in [4.69, 9.17) is 9.47 Å². The fourth-order valence-electron chi connectivity index (χ4n) is 2.07. The minimum absolute atomic E-state index is 0.107. The van der Waals surface area contributed by atoms with E-state index < -0.39 is 12.1 Å². The van der Waals surface area contributed by atoms with Crippen molar-refractivity contribution in [3.8, 4) is 0 Å². The number of aldehydes is 1. The number of carbonyl (C=O) groups excluding carboxylic acids is 2. The average Bonchev–Trinajstić information content (AvgIpc) is 2.82. The number of alkyl carbamates (subject to hydrolysis) is 1. The summed E-state index contributed by atoms with van der Waals surface area (Å²) in [4.78, 5) is 22.9. The molecule has 2 unspecified atom stereocenters. The fraction of sp³-hybridized carbons (Fsp3) is 0.824. The van der Waals surface area contributed by atoms with Crippen molar-refractivity contribution in [2.45, 2.75) is 71.4 Å². The highest BCUT2D eigenvalue weighted by Crippen LogP contribution is 2.24. The molecule has 0 aromatic carbocycles. The number of nitrogens with one attached hydrogen (secondary N) is 1. The monoisotopic (exact) mass is 373 g/mol. The summed E-state index contributed by atoms with van der Waals surface area (Å²) in [5.74, 6) is 0. The Kier molecular flexibility index (Phi) is 8.55. The third-order valence-corrected chi connectivity index (χ3v) is 4.15. The van der Waals surface area contributed by atoms with Gasteiger partial charge in [0.15, 0.2) is 6.23 Å². The smallest absolute Gasteiger partial charge is 0.407 e. The molecule has 0 aromatic rings. The van der Waals surface area contributed by atoms with Gasteiger partial charge < -0.3 is 19.6 Å². The number of ether oxygens (including phenoxy) is 2. The third kappa shape index (κ3) is 9.00. The van der Waals surface area contributed by atoms with Gasteiger partial charge in [-0.15, -0.1) is 5.10 Å². The van der Waals surface area contributed by atoms with Gasteiger partial charge in [0.2, 0.25) is 0 Å². The maximum atomic E-state index is 11.7. The first-order valence-corrected chi connectivity index (χ1v) is 9.52. The Morgan fingerprint density at radius 1 is 1.48 bits per heavy atom. The first-order chi connectivity index (χ1) is 11.6. The van der Waals surface area contributed by atoms with Gasteiger partial charge in [-0.2, -0.15) is 0 Å². The topological polar surface area (TPSA) is 80.2 Å². The van der Waals surface area contributed by atoms with Crippen LogP contribution in [0.1, 0.15) is 53.9 Å². The van der Waals surface area contributed by atoms with Gasteiger partial charge >= 0.3 is 6.09 Å². The molecule has 1 heterocycles. The summed E-state index contributed by atoms with van der Waals surface area (Å²) >= 11 is 1.59. The molecule has 0 radical (unpaired) electrons. The summed E-state index contributed by atoms with van der Waals surface area (Å²) in [6, 6.07) is -0.551. The zero-order valence-electron chi connectivity index (χ0n) is 16.1. The van der Waals surface area contributed by atoms with Gasteiger partial charge in [-0.25, -0.2) is 4.79 Å². The summed E-state index contributed by atoms with van der Waals surface area (Å²) in [5, 5.41) is 9.84. The average molecular weight is 374 g/mol. The molecular weight excluding hydrogens is 342 g/mol. The number of thioether (sulfide) groups is 1. The normalized spacial score (nSPS) is 18.6. The number of hydrazone groups is 1. The van der Waals surface area contributed by atoms with Gasteiger partial charge in [-0.05, 0) is 18.3 Å². The van der Waals surface area contributed by atoms with Crippen LogP contribution in [0.3, 0.4) is 0 Å². The highest BCUT2D eigenvalue weighted by molar-refractivity contribution is 8.14. The Labute approximate surface area is 154 Å². The molecule has 7 nitrogen and oxygen atoms in total. The lowest BCUT2D eigenvalue weighted by atomic mass is 9.99. The largest absolute Gasteiger partial charge is 0.449 e. The second-order valence-corrected chi connectivity index (χ2v) is 9.16. The van der Waals surface area contributed by atoms with E-state index in [1.807, 2.05) is 27.8 Å². The van der Waals surface area contributed by atoms with Crippen molar-refractivity contribution in [2.24, 2.45) is 10.5 Å². The van der Waals surface area contributed by atoms with E-state index in [-0.39, 0.29) is 11.6 Å². The van der Waals surface area contributed by atoms with Crippen molar-refractivity contribution < 1.29 is 19.1 Å². The molecule has 0 fully saturated rings. The lowest BCUT2D eigenvalue weighted by Crippen LogP contribution is -2.38. The highest BCUT2D eigenvalue weighted by Gasteiger charge is 2.26. The van der Waals surface area contributed by atoms with E-state index in [2.05, 4.69) is 24.3 Å². The molecule has 0 saturated heterocycles. The van der Waals surface area contributed by atoms with Crippen LogP contribution in [-0.4, -0.2) is 53.8 Å². The van der Waals surface area contributed by atoms with Crippen molar-refractivity contribution in [3.05, 3.63) is 0 Å². The summed E-state index contributed by atoms with van der Waals surface area (Å²) in [6.45, 7) is 10.4. The molecule has 0 spiro atoms. The van der Waals surface area contributed by atoms with E-state index in [1.54, 1.807) is 16.8 Å². The molecule has 0 saturated carbocycles. The number of rotatable bonds is 8. The van der Waals surface area contributed by atoms with Crippen molar-refractivity contribution in [3.63, 3.8) is 0 Å². The lowest BCUT2D eigenvalue weighted by Gasteiger charge is -2.20. The first kappa shape index (κ1) is 21.6. The molecule has 144 valence electrons. The fourth-order valence-corrected chi connectivity index (χ4v) is 2.82. The van der Waals surface area contributed by atoms with E-state index in [0.29, 0.717) is 23.5 Å². The van der Waals surface area contributed by atoms with Gasteiger partial charge in [0, 0.05) is 18.7 Å². The van der Waals surface area contributed by atoms with E-state index >= 15 is 0 Å². The Morgan fingerprint density at radius 2 is 2.16 bits per heavy atom. The molecule has 0 aromatic heterocycles. The molecule has 8 heteroatoms. The Balaban J connectivity index is 2.29. The van der Waals surface area contributed by atoms with Crippen LogP contribution in [0.25, 0.3) is 0 Å². The van der Waals surface area contributed by atoms with Crippen LogP contribution in [0.4, 0.5) is 4.79 Å². The maximum Gasteiger partial charge on any atom is 0.407 e. The predicted octanol–water partition coefficient (Wildman–Crippen LogP) is 3.20. The van der Waals surface area contributed by atoms with Crippen molar-refractivity contribution in [1.82, 2.24) is 10.3 Å². The van der Waals surface area contributed by atoms with Crippen molar-refractivity contribution in [2.75, 3.05) is 13.7 Å². The molecule has 2 atom stereocenters. The molecule has 1 aliphatic heterocycles. The van der Waals surface area contributed by atoms with E-state index in [9.17, 15) is 9.59 Å². The summed E-state index contributed by atoms with van der Waals surface area (Å²) in [7, 11) is 1.87. The van der Waals surface area contributed by atoms with Crippen LogP contribution in [0.5, 0.6) is 0 Å². The van der Waals surface area contributed by atoms with E-state index in [1.165, 1.54) is 0 Å². The van der Waals surface area contributed by atoms with Gasteiger partial charge in [0.05, 0.1) is 12.6 Å². The minimum atomic E-state index is -0.555.